The van der Waals surface area contributed by atoms with Crippen molar-refractivity contribution in [3.05, 3.63) is 47.5 Å². The number of rotatable bonds is 1. The van der Waals surface area contributed by atoms with Gasteiger partial charge in [-0.15, -0.1) is 0 Å². The van der Waals surface area contributed by atoms with Gasteiger partial charge in [0.05, 0.1) is 11.4 Å². The molecule has 0 aliphatic heterocycles. The highest BCUT2D eigenvalue weighted by atomic mass is 32.2. The third kappa shape index (κ3) is 3.17. The summed E-state index contributed by atoms with van der Waals surface area (Å²) in [6.07, 6.45) is 1.95. The number of para-hydroxylation sites is 1. The Kier molecular flexibility index (Phi) is 4.27. The minimum Gasteiger partial charge on any atom is -0.428 e. The maximum Gasteiger partial charge on any atom is 0.304 e. The molecule has 0 unspecified atom stereocenters. The number of benzene rings is 1. The summed E-state index contributed by atoms with van der Waals surface area (Å²) >= 11 is 1.49. The van der Waals surface area contributed by atoms with E-state index < -0.39 is 0 Å². The highest BCUT2D eigenvalue weighted by Crippen LogP contribution is 2.13. The van der Waals surface area contributed by atoms with Crippen molar-refractivity contribution >= 4 is 22.6 Å². The van der Waals surface area contributed by atoms with Crippen LogP contribution in [0.5, 0.6) is 0 Å². The Morgan fingerprint density at radius 2 is 1.89 bits per heavy atom. The van der Waals surface area contributed by atoms with Crippen molar-refractivity contribution in [3.8, 4) is 0 Å². The molecule has 0 spiro atoms. The topological polar surface area (TPSA) is 42.8 Å². The zero-order chi connectivity index (χ0) is 13.8. The Labute approximate surface area is 116 Å². The molecule has 100 valence electrons. The minimum atomic E-state index is 0.569. The van der Waals surface area contributed by atoms with Crippen molar-refractivity contribution < 1.29 is 4.42 Å². The van der Waals surface area contributed by atoms with Crippen LogP contribution < -0.4 is 5.68 Å². The van der Waals surface area contributed by atoms with Crippen LogP contribution in [-0.4, -0.2) is 16.0 Å². The molecule has 0 aliphatic carbocycles. The van der Waals surface area contributed by atoms with Gasteiger partial charge in [-0.3, -0.25) is 4.57 Å². The number of amidine groups is 1. The lowest BCUT2D eigenvalue weighted by atomic mass is 10.3. The molecule has 0 atom stereocenters. The quantitative estimate of drug-likeness (QED) is 0.592. The Morgan fingerprint density at radius 3 is 2.42 bits per heavy atom. The van der Waals surface area contributed by atoms with E-state index in [9.17, 15) is 0 Å². The van der Waals surface area contributed by atoms with Gasteiger partial charge >= 0.3 is 5.68 Å². The maximum absolute atomic E-state index is 5.62. The van der Waals surface area contributed by atoms with Crippen molar-refractivity contribution in [1.82, 2.24) is 4.57 Å². The van der Waals surface area contributed by atoms with Gasteiger partial charge in [0.1, 0.15) is 5.76 Å². The zero-order valence-corrected chi connectivity index (χ0v) is 12.4. The molecule has 1 heterocycles. The summed E-state index contributed by atoms with van der Waals surface area (Å²) in [7, 11) is 1.94. The van der Waals surface area contributed by atoms with E-state index in [1.54, 1.807) is 0 Å². The Balaban J connectivity index is 2.44. The second kappa shape index (κ2) is 5.93. The SMILES string of the molecule is CSC(=Nc1ccccc1)N=c1oc(C)c(C)n1C. The van der Waals surface area contributed by atoms with E-state index in [4.69, 9.17) is 4.42 Å². The average molecular weight is 275 g/mol. The van der Waals surface area contributed by atoms with Crippen molar-refractivity contribution in [2.75, 3.05) is 6.26 Å². The lowest BCUT2D eigenvalue weighted by molar-refractivity contribution is 0.458. The lowest BCUT2D eigenvalue weighted by Crippen LogP contribution is -2.14. The van der Waals surface area contributed by atoms with Gasteiger partial charge in [0.15, 0.2) is 5.17 Å². The van der Waals surface area contributed by atoms with Gasteiger partial charge in [-0.05, 0) is 32.2 Å². The highest BCUT2D eigenvalue weighted by Gasteiger charge is 2.05. The Morgan fingerprint density at radius 1 is 1.21 bits per heavy atom. The molecule has 0 saturated carbocycles. The molecular weight excluding hydrogens is 258 g/mol. The van der Waals surface area contributed by atoms with E-state index in [-0.39, 0.29) is 0 Å². The van der Waals surface area contributed by atoms with Crippen LogP contribution in [0, 0.1) is 13.8 Å². The molecule has 1 aromatic heterocycles. The monoisotopic (exact) mass is 275 g/mol. The van der Waals surface area contributed by atoms with Crippen molar-refractivity contribution in [2.45, 2.75) is 13.8 Å². The molecule has 5 heteroatoms. The Bertz CT molecular complexity index is 653. The van der Waals surface area contributed by atoms with Crippen LogP contribution in [0.25, 0.3) is 0 Å². The van der Waals surface area contributed by atoms with Crippen molar-refractivity contribution in [1.29, 1.82) is 0 Å². The second-order valence-corrected chi connectivity index (χ2v) is 4.90. The van der Waals surface area contributed by atoms with Crippen LogP contribution in [0.4, 0.5) is 5.69 Å². The largest absolute Gasteiger partial charge is 0.428 e. The number of oxazole rings is 1. The molecule has 0 radical (unpaired) electrons. The first-order valence-corrected chi connectivity index (χ1v) is 7.19. The third-order valence-electron chi connectivity index (χ3n) is 2.90. The lowest BCUT2D eigenvalue weighted by Gasteiger charge is -1.97. The minimum absolute atomic E-state index is 0.569. The zero-order valence-electron chi connectivity index (χ0n) is 11.5. The molecule has 0 aliphatic rings. The highest BCUT2D eigenvalue weighted by molar-refractivity contribution is 8.13. The van der Waals surface area contributed by atoms with E-state index >= 15 is 0 Å². The summed E-state index contributed by atoms with van der Waals surface area (Å²) in [5.74, 6) is 0.876. The molecular formula is C14H17N3OS. The predicted octanol–water partition coefficient (Wildman–Crippen LogP) is 3.19. The summed E-state index contributed by atoms with van der Waals surface area (Å²) in [4.78, 5) is 8.95. The van der Waals surface area contributed by atoms with Gasteiger partial charge in [-0.25, -0.2) is 4.99 Å². The maximum atomic E-state index is 5.62. The molecule has 0 amide bonds. The van der Waals surface area contributed by atoms with E-state index in [2.05, 4.69) is 9.98 Å². The van der Waals surface area contributed by atoms with Crippen LogP contribution in [0.2, 0.25) is 0 Å². The van der Waals surface area contributed by atoms with Crippen molar-refractivity contribution in [2.24, 2.45) is 17.0 Å². The van der Waals surface area contributed by atoms with Gasteiger partial charge in [0.2, 0.25) is 0 Å². The number of aromatic nitrogens is 1. The summed E-state index contributed by atoms with van der Waals surface area (Å²) in [6, 6.07) is 9.78. The number of aliphatic imine (C=N–C) groups is 1. The second-order valence-electron chi connectivity index (χ2n) is 4.13. The predicted molar refractivity (Wildman–Crippen MR) is 79.8 cm³/mol. The number of hydrogen-bond donors (Lipinski definition) is 0. The first-order valence-electron chi connectivity index (χ1n) is 5.97. The molecule has 0 saturated heterocycles. The smallest absolute Gasteiger partial charge is 0.304 e. The fourth-order valence-electron chi connectivity index (χ4n) is 1.57. The van der Waals surface area contributed by atoms with Gasteiger partial charge in [-0.2, -0.15) is 4.99 Å². The molecule has 4 nitrogen and oxygen atoms in total. The van der Waals surface area contributed by atoms with Gasteiger partial charge in [0, 0.05) is 7.05 Å². The van der Waals surface area contributed by atoms with E-state index in [0.29, 0.717) is 10.9 Å². The van der Waals surface area contributed by atoms with Gasteiger partial charge in [-0.1, -0.05) is 30.0 Å². The van der Waals surface area contributed by atoms with Gasteiger partial charge in [0.25, 0.3) is 0 Å². The van der Waals surface area contributed by atoms with Crippen LogP contribution in [0.3, 0.4) is 0 Å². The number of thioether (sulfide) groups is 1. The average Bonchev–Trinajstić information content (AvgIpc) is 2.67. The first kappa shape index (κ1) is 13.7. The fourth-order valence-corrected chi connectivity index (χ4v) is 1.93. The van der Waals surface area contributed by atoms with Crippen LogP contribution >= 0.6 is 11.8 Å². The Hall–Kier alpha value is -1.75. The summed E-state index contributed by atoms with van der Waals surface area (Å²) in [5, 5.41) is 0.676. The molecule has 19 heavy (non-hydrogen) atoms. The fraction of sp³-hybridized carbons (Fsp3) is 0.286. The van der Waals surface area contributed by atoms with Crippen LogP contribution in [-0.2, 0) is 7.05 Å². The van der Waals surface area contributed by atoms with Crippen molar-refractivity contribution in [3.63, 3.8) is 0 Å². The normalized spacial score (nSPS) is 13.1. The standard InChI is InChI=1S/C14H17N3OS/c1-10-11(2)18-14(17(10)3)16-13(19-4)15-12-8-6-5-7-9-12/h5-9H,1-4H3. The summed E-state index contributed by atoms with van der Waals surface area (Å²) in [6.45, 7) is 3.94. The number of aryl methyl sites for hydroxylation is 1. The summed E-state index contributed by atoms with van der Waals surface area (Å²) < 4.78 is 7.54. The first-order chi connectivity index (χ1) is 9.11. The van der Waals surface area contributed by atoms with E-state index in [1.165, 1.54) is 11.8 Å². The van der Waals surface area contributed by atoms with E-state index in [0.717, 1.165) is 17.1 Å². The van der Waals surface area contributed by atoms with E-state index in [1.807, 2.05) is 62.0 Å². The third-order valence-corrected chi connectivity index (χ3v) is 3.45. The summed E-state index contributed by atoms with van der Waals surface area (Å²) in [5.41, 5.74) is 2.52. The van der Waals surface area contributed by atoms with Gasteiger partial charge < -0.3 is 4.42 Å². The number of hydrogen-bond acceptors (Lipinski definition) is 3. The molecule has 2 aromatic rings. The van der Waals surface area contributed by atoms with Crippen LogP contribution in [0.1, 0.15) is 11.5 Å². The molecule has 1 aromatic carbocycles. The number of nitrogens with zero attached hydrogens (tertiary/aromatic N) is 3. The van der Waals surface area contributed by atoms with Crippen LogP contribution in [0.15, 0.2) is 44.7 Å². The molecule has 0 bridgehead atoms. The molecule has 0 fully saturated rings. The molecule has 0 N–H and O–H groups in total. The molecule has 2 rings (SSSR count).